The van der Waals surface area contributed by atoms with Crippen LogP contribution < -0.4 is 5.73 Å². The van der Waals surface area contributed by atoms with Crippen molar-refractivity contribution in [2.24, 2.45) is 5.73 Å². The molecule has 0 spiro atoms. The van der Waals surface area contributed by atoms with Gasteiger partial charge in [-0.1, -0.05) is 36.7 Å². The van der Waals surface area contributed by atoms with Crippen molar-refractivity contribution in [3.63, 3.8) is 0 Å². The summed E-state index contributed by atoms with van der Waals surface area (Å²) in [6.07, 6.45) is 2.06. The average Bonchev–Trinajstić information content (AvgIpc) is 2.92. The highest BCUT2D eigenvalue weighted by Crippen LogP contribution is 2.25. The second-order valence-electron chi connectivity index (χ2n) is 4.82. The lowest BCUT2D eigenvalue weighted by molar-refractivity contribution is 0.344. The molecule has 0 saturated heterocycles. The molecule has 2 aromatic rings. The molecular formula is C15H21N3OS. The highest BCUT2D eigenvalue weighted by atomic mass is 32.2. The maximum absolute atomic E-state index is 5.75. The van der Waals surface area contributed by atoms with E-state index in [9.17, 15) is 0 Å². The first-order chi connectivity index (χ1) is 9.74. The summed E-state index contributed by atoms with van der Waals surface area (Å²) in [7, 11) is 0. The zero-order valence-electron chi connectivity index (χ0n) is 12.0. The molecule has 1 unspecified atom stereocenters. The number of thioether (sulfide) groups is 1. The van der Waals surface area contributed by atoms with E-state index in [0.717, 1.165) is 24.4 Å². The fraction of sp³-hybridized carbons (Fsp3) is 0.467. The normalized spacial score (nSPS) is 12.6. The molecule has 0 fully saturated rings. The minimum atomic E-state index is 0.185. The fourth-order valence-electron chi connectivity index (χ4n) is 2.04. The van der Waals surface area contributed by atoms with E-state index in [1.54, 1.807) is 11.8 Å². The largest absolute Gasteiger partial charge is 0.339 e. The van der Waals surface area contributed by atoms with Gasteiger partial charge in [0.15, 0.2) is 5.82 Å². The molecule has 4 nitrogen and oxygen atoms in total. The van der Waals surface area contributed by atoms with Gasteiger partial charge in [-0.05, 0) is 25.0 Å². The van der Waals surface area contributed by atoms with Crippen molar-refractivity contribution in [3.05, 3.63) is 41.5 Å². The predicted molar refractivity (Wildman–Crippen MR) is 81.7 cm³/mol. The van der Waals surface area contributed by atoms with Crippen LogP contribution in [0.3, 0.4) is 0 Å². The van der Waals surface area contributed by atoms with Crippen LogP contribution in [0.1, 0.15) is 43.0 Å². The molecule has 0 amide bonds. The van der Waals surface area contributed by atoms with E-state index in [1.807, 2.05) is 12.1 Å². The first kappa shape index (κ1) is 15.1. The molecule has 5 heteroatoms. The second kappa shape index (κ2) is 7.45. The van der Waals surface area contributed by atoms with Gasteiger partial charge in [0.05, 0.1) is 11.7 Å². The van der Waals surface area contributed by atoms with Crippen LogP contribution in [0.2, 0.25) is 0 Å². The third-order valence-corrected chi connectivity index (χ3v) is 4.38. The molecular weight excluding hydrogens is 270 g/mol. The number of rotatable bonds is 7. The van der Waals surface area contributed by atoms with Gasteiger partial charge < -0.3 is 10.3 Å². The third-order valence-electron chi connectivity index (χ3n) is 3.21. The molecule has 0 bridgehead atoms. The Kier molecular flexibility index (Phi) is 5.61. The van der Waals surface area contributed by atoms with Gasteiger partial charge in [0.2, 0.25) is 5.89 Å². The Balaban J connectivity index is 1.98. The lowest BCUT2D eigenvalue weighted by atomic mass is 10.0. The van der Waals surface area contributed by atoms with Crippen molar-refractivity contribution in [2.45, 2.75) is 43.3 Å². The van der Waals surface area contributed by atoms with Crippen LogP contribution in [-0.4, -0.2) is 16.7 Å². The van der Waals surface area contributed by atoms with Gasteiger partial charge in [-0.15, -0.1) is 11.8 Å². The number of nitrogens with two attached hydrogens (primary N) is 1. The molecule has 0 radical (unpaired) electrons. The molecule has 1 atom stereocenters. The maximum atomic E-state index is 5.75. The van der Waals surface area contributed by atoms with Crippen molar-refractivity contribution in [2.75, 3.05) is 6.54 Å². The van der Waals surface area contributed by atoms with Crippen LogP contribution in [0.5, 0.6) is 0 Å². The number of benzene rings is 1. The minimum absolute atomic E-state index is 0.185. The summed E-state index contributed by atoms with van der Waals surface area (Å²) in [5.41, 5.74) is 7.02. The zero-order valence-corrected chi connectivity index (χ0v) is 12.8. The van der Waals surface area contributed by atoms with E-state index in [-0.39, 0.29) is 5.92 Å². The number of hydrogen-bond acceptors (Lipinski definition) is 5. The molecule has 0 aliphatic heterocycles. The van der Waals surface area contributed by atoms with Crippen LogP contribution in [0.15, 0.2) is 33.7 Å². The summed E-state index contributed by atoms with van der Waals surface area (Å²) >= 11 is 1.73. The van der Waals surface area contributed by atoms with Gasteiger partial charge in [0.1, 0.15) is 0 Å². The molecule has 2 N–H and O–H groups in total. The van der Waals surface area contributed by atoms with Gasteiger partial charge in [0, 0.05) is 11.4 Å². The third kappa shape index (κ3) is 3.84. The molecule has 2 rings (SSSR count). The number of aryl methyl sites for hydroxylation is 1. The van der Waals surface area contributed by atoms with Crippen molar-refractivity contribution in [3.8, 4) is 0 Å². The van der Waals surface area contributed by atoms with Crippen LogP contribution in [-0.2, 0) is 5.75 Å². The summed E-state index contributed by atoms with van der Waals surface area (Å²) in [4.78, 5) is 5.72. The minimum Gasteiger partial charge on any atom is -0.339 e. The second-order valence-corrected chi connectivity index (χ2v) is 5.84. The van der Waals surface area contributed by atoms with Crippen molar-refractivity contribution < 1.29 is 4.52 Å². The summed E-state index contributed by atoms with van der Waals surface area (Å²) in [6, 6.07) is 8.31. The Morgan fingerprint density at radius 1 is 1.35 bits per heavy atom. The molecule has 108 valence electrons. The summed E-state index contributed by atoms with van der Waals surface area (Å²) in [5.74, 6) is 2.32. The molecule has 1 aromatic heterocycles. The molecule has 0 aliphatic carbocycles. The predicted octanol–water partition coefficient (Wildman–Crippen LogP) is 3.51. The standard InChI is InChI=1S/C15H21N3OS/c1-3-6-12(9-16)15-17-14(18-19-15)10-20-13-8-5-4-7-11(13)2/h4-5,7-8,12H,3,6,9-10,16H2,1-2H3. The van der Waals surface area contributed by atoms with Crippen LogP contribution in [0, 0.1) is 6.92 Å². The van der Waals surface area contributed by atoms with E-state index >= 15 is 0 Å². The SMILES string of the molecule is CCCC(CN)c1nc(CSc2ccccc2C)no1. The maximum Gasteiger partial charge on any atom is 0.231 e. The van der Waals surface area contributed by atoms with Gasteiger partial charge in [-0.25, -0.2) is 0 Å². The van der Waals surface area contributed by atoms with E-state index in [1.165, 1.54) is 10.5 Å². The van der Waals surface area contributed by atoms with Gasteiger partial charge in [-0.2, -0.15) is 4.98 Å². The van der Waals surface area contributed by atoms with Crippen LogP contribution >= 0.6 is 11.8 Å². The number of aromatic nitrogens is 2. The molecule has 0 aliphatic rings. The quantitative estimate of drug-likeness (QED) is 0.791. The van der Waals surface area contributed by atoms with Crippen LogP contribution in [0.4, 0.5) is 0 Å². The first-order valence-electron chi connectivity index (χ1n) is 6.95. The van der Waals surface area contributed by atoms with Crippen LogP contribution in [0.25, 0.3) is 0 Å². The average molecular weight is 291 g/mol. The number of hydrogen-bond donors (Lipinski definition) is 1. The van der Waals surface area contributed by atoms with Gasteiger partial charge in [0.25, 0.3) is 0 Å². The molecule has 20 heavy (non-hydrogen) atoms. The first-order valence-corrected chi connectivity index (χ1v) is 7.94. The monoisotopic (exact) mass is 291 g/mol. The number of nitrogens with zero attached hydrogens (tertiary/aromatic N) is 2. The van der Waals surface area contributed by atoms with E-state index in [4.69, 9.17) is 10.3 Å². The van der Waals surface area contributed by atoms with E-state index in [0.29, 0.717) is 12.4 Å². The van der Waals surface area contributed by atoms with Crippen molar-refractivity contribution >= 4 is 11.8 Å². The van der Waals surface area contributed by atoms with Gasteiger partial charge in [-0.3, -0.25) is 0 Å². The topological polar surface area (TPSA) is 64.9 Å². The van der Waals surface area contributed by atoms with Crippen molar-refractivity contribution in [1.82, 2.24) is 10.1 Å². The summed E-state index contributed by atoms with van der Waals surface area (Å²) in [6.45, 7) is 4.80. The van der Waals surface area contributed by atoms with Crippen molar-refractivity contribution in [1.29, 1.82) is 0 Å². The fourth-order valence-corrected chi connectivity index (χ4v) is 2.92. The Morgan fingerprint density at radius 3 is 2.85 bits per heavy atom. The summed E-state index contributed by atoms with van der Waals surface area (Å²) < 4.78 is 5.33. The lowest BCUT2D eigenvalue weighted by Gasteiger charge is -2.06. The Morgan fingerprint density at radius 2 is 2.15 bits per heavy atom. The Hall–Kier alpha value is -1.33. The zero-order chi connectivity index (χ0) is 14.4. The van der Waals surface area contributed by atoms with E-state index < -0.39 is 0 Å². The molecule has 0 saturated carbocycles. The Labute approximate surface area is 124 Å². The smallest absolute Gasteiger partial charge is 0.231 e. The highest BCUT2D eigenvalue weighted by Gasteiger charge is 2.16. The Bertz CT molecular complexity index is 541. The summed E-state index contributed by atoms with van der Waals surface area (Å²) in [5, 5.41) is 4.05. The molecule has 1 heterocycles. The van der Waals surface area contributed by atoms with E-state index in [2.05, 4.69) is 36.1 Å². The molecule has 1 aromatic carbocycles. The highest BCUT2D eigenvalue weighted by molar-refractivity contribution is 7.98. The van der Waals surface area contributed by atoms with Gasteiger partial charge >= 0.3 is 0 Å². The lowest BCUT2D eigenvalue weighted by Crippen LogP contribution is -2.12.